The summed E-state index contributed by atoms with van der Waals surface area (Å²) in [4.78, 5) is 28.2. The molecule has 1 aliphatic heterocycles. The van der Waals surface area contributed by atoms with Crippen LogP contribution in [-0.4, -0.2) is 47.8 Å². The average Bonchev–Trinajstić information content (AvgIpc) is 3.11. The highest BCUT2D eigenvalue weighted by Crippen LogP contribution is 2.24. The molecule has 0 radical (unpaired) electrons. The highest BCUT2D eigenvalue weighted by atomic mass is 35.5. The Kier molecular flexibility index (Phi) is 5.13. The van der Waals surface area contributed by atoms with Gasteiger partial charge in [-0.2, -0.15) is 0 Å². The van der Waals surface area contributed by atoms with E-state index in [4.69, 9.17) is 16.0 Å². The smallest absolute Gasteiger partial charge is 0.289 e. The zero-order valence-corrected chi connectivity index (χ0v) is 15.1. The van der Waals surface area contributed by atoms with Crippen molar-refractivity contribution in [3.63, 3.8) is 0 Å². The van der Waals surface area contributed by atoms with Crippen LogP contribution in [-0.2, 0) is 4.79 Å². The molecule has 2 amide bonds. The molecular weight excluding hydrogens is 340 g/mol. The van der Waals surface area contributed by atoms with Crippen molar-refractivity contribution in [2.45, 2.75) is 13.8 Å². The van der Waals surface area contributed by atoms with Crippen LogP contribution in [0.4, 0.5) is 0 Å². The Morgan fingerprint density at radius 3 is 2.16 bits per heavy atom. The van der Waals surface area contributed by atoms with Crippen LogP contribution in [0.2, 0.25) is 5.02 Å². The van der Waals surface area contributed by atoms with Crippen molar-refractivity contribution < 1.29 is 14.0 Å². The molecule has 1 aliphatic rings. The third-order valence-electron chi connectivity index (χ3n) is 4.32. The van der Waals surface area contributed by atoms with E-state index >= 15 is 0 Å². The van der Waals surface area contributed by atoms with Crippen LogP contribution < -0.4 is 0 Å². The van der Waals surface area contributed by atoms with E-state index in [0.29, 0.717) is 42.7 Å². The maximum atomic E-state index is 12.6. The Morgan fingerprint density at radius 2 is 1.56 bits per heavy atom. The molecule has 25 heavy (non-hydrogen) atoms. The number of hydrogen-bond donors (Lipinski definition) is 0. The molecular formula is C19H21ClN2O3. The fourth-order valence-corrected chi connectivity index (χ4v) is 3.00. The lowest BCUT2D eigenvalue weighted by atomic mass is 10.1. The summed E-state index contributed by atoms with van der Waals surface area (Å²) in [5, 5.41) is 0.653. The van der Waals surface area contributed by atoms with E-state index in [9.17, 15) is 9.59 Å². The minimum absolute atomic E-state index is 0.0192. The lowest BCUT2D eigenvalue weighted by Gasteiger charge is -2.35. The van der Waals surface area contributed by atoms with Gasteiger partial charge in [0.1, 0.15) is 5.76 Å². The first-order chi connectivity index (χ1) is 12.0. The molecule has 0 spiro atoms. The Balaban J connectivity index is 1.65. The third kappa shape index (κ3) is 3.87. The van der Waals surface area contributed by atoms with Gasteiger partial charge in [-0.1, -0.05) is 25.4 Å². The average molecular weight is 361 g/mol. The number of nitrogens with zero attached hydrogens (tertiary/aromatic N) is 2. The normalized spacial score (nSPS) is 14.9. The molecule has 0 saturated carbocycles. The summed E-state index contributed by atoms with van der Waals surface area (Å²) in [5.74, 6) is 0.920. The molecule has 0 aliphatic carbocycles. The maximum absolute atomic E-state index is 12.6. The van der Waals surface area contributed by atoms with Gasteiger partial charge < -0.3 is 14.2 Å². The van der Waals surface area contributed by atoms with Crippen LogP contribution >= 0.6 is 11.6 Å². The second-order valence-electron chi connectivity index (χ2n) is 6.44. The highest BCUT2D eigenvalue weighted by Gasteiger charge is 2.27. The van der Waals surface area contributed by atoms with Crippen LogP contribution in [0.1, 0.15) is 24.4 Å². The molecule has 1 fully saturated rings. The number of hydrogen-bond acceptors (Lipinski definition) is 3. The zero-order chi connectivity index (χ0) is 18.0. The topological polar surface area (TPSA) is 53.8 Å². The minimum atomic E-state index is -0.142. The Morgan fingerprint density at radius 1 is 0.960 bits per heavy atom. The summed E-state index contributed by atoms with van der Waals surface area (Å²) in [6.07, 6.45) is 0. The van der Waals surface area contributed by atoms with E-state index in [1.807, 2.05) is 30.9 Å². The lowest BCUT2D eigenvalue weighted by molar-refractivity contribution is -0.135. The van der Waals surface area contributed by atoms with E-state index in [1.54, 1.807) is 29.2 Å². The Bertz CT molecular complexity index is 759. The number of rotatable bonds is 3. The first-order valence-corrected chi connectivity index (χ1v) is 8.77. The van der Waals surface area contributed by atoms with E-state index in [2.05, 4.69) is 0 Å². The molecule has 0 N–H and O–H groups in total. The van der Waals surface area contributed by atoms with Gasteiger partial charge in [-0.15, -0.1) is 0 Å². The molecule has 5 nitrogen and oxygen atoms in total. The van der Waals surface area contributed by atoms with Crippen LogP contribution in [0.25, 0.3) is 11.3 Å². The molecule has 1 aromatic carbocycles. The van der Waals surface area contributed by atoms with Crippen LogP contribution in [0.15, 0.2) is 40.8 Å². The van der Waals surface area contributed by atoms with Gasteiger partial charge in [0.15, 0.2) is 5.76 Å². The largest absolute Gasteiger partial charge is 0.451 e. The van der Waals surface area contributed by atoms with Crippen LogP contribution in [0, 0.1) is 5.92 Å². The van der Waals surface area contributed by atoms with Gasteiger partial charge in [0, 0.05) is 42.7 Å². The molecule has 0 atom stereocenters. The summed E-state index contributed by atoms with van der Waals surface area (Å²) in [5.41, 5.74) is 0.871. The number of carbonyl (C=O) groups is 2. The van der Waals surface area contributed by atoms with Crippen molar-refractivity contribution in [3.8, 4) is 11.3 Å². The predicted molar refractivity (Wildman–Crippen MR) is 96.5 cm³/mol. The summed E-state index contributed by atoms with van der Waals surface area (Å²) in [6.45, 7) is 5.95. The summed E-state index contributed by atoms with van der Waals surface area (Å²) < 4.78 is 5.72. The van der Waals surface area contributed by atoms with Crippen molar-refractivity contribution in [3.05, 3.63) is 47.2 Å². The molecule has 132 valence electrons. The lowest BCUT2D eigenvalue weighted by Crippen LogP contribution is -2.51. The minimum Gasteiger partial charge on any atom is -0.451 e. The van der Waals surface area contributed by atoms with Gasteiger partial charge in [0.2, 0.25) is 5.91 Å². The molecule has 1 saturated heterocycles. The molecule has 6 heteroatoms. The van der Waals surface area contributed by atoms with E-state index < -0.39 is 0 Å². The summed E-state index contributed by atoms with van der Waals surface area (Å²) >= 11 is 5.89. The number of amides is 2. The number of furan rings is 1. The summed E-state index contributed by atoms with van der Waals surface area (Å²) in [7, 11) is 0. The Labute approximate surface area is 152 Å². The Hall–Kier alpha value is -2.27. The fraction of sp³-hybridized carbons (Fsp3) is 0.368. The first kappa shape index (κ1) is 17.5. The van der Waals surface area contributed by atoms with Crippen molar-refractivity contribution in [2.24, 2.45) is 5.92 Å². The maximum Gasteiger partial charge on any atom is 0.289 e. The predicted octanol–water partition coefficient (Wildman–Crippen LogP) is 3.54. The van der Waals surface area contributed by atoms with E-state index in [1.165, 1.54) is 0 Å². The second-order valence-corrected chi connectivity index (χ2v) is 6.88. The van der Waals surface area contributed by atoms with Gasteiger partial charge in [0.05, 0.1) is 0 Å². The van der Waals surface area contributed by atoms with Crippen molar-refractivity contribution >= 4 is 23.4 Å². The van der Waals surface area contributed by atoms with Crippen molar-refractivity contribution in [1.82, 2.24) is 9.80 Å². The van der Waals surface area contributed by atoms with Gasteiger partial charge in [0.25, 0.3) is 5.91 Å². The number of benzene rings is 1. The molecule has 1 aromatic heterocycles. The van der Waals surface area contributed by atoms with E-state index in [0.717, 1.165) is 5.56 Å². The number of halogens is 1. The fourth-order valence-electron chi connectivity index (χ4n) is 2.87. The second kappa shape index (κ2) is 7.31. The standard InChI is InChI=1S/C19H21ClN2O3/c1-13(2)18(23)21-9-11-22(12-10-21)19(24)17-8-7-16(25-17)14-3-5-15(20)6-4-14/h3-8,13H,9-12H2,1-2H3. The quantitative estimate of drug-likeness (QED) is 0.841. The van der Waals surface area contributed by atoms with Crippen LogP contribution in [0.3, 0.4) is 0 Å². The van der Waals surface area contributed by atoms with Gasteiger partial charge in [-0.25, -0.2) is 0 Å². The summed E-state index contributed by atoms with van der Waals surface area (Å²) in [6, 6.07) is 10.8. The monoisotopic (exact) mass is 360 g/mol. The molecule has 2 aromatic rings. The molecule has 2 heterocycles. The third-order valence-corrected chi connectivity index (χ3v) is 4.57. The van der Waals surface area contributed by atoms with Crippen LogP contribution in [0.5, 0.6) is 0 Å². The molecule has 0 unspecified atom stereocenters. The molecule has 3 rings (SSSR count). The van der Waals surface area contributed by atoms with Crippen molar-refractivity contribution in [1.29, 1.82) is 0 Å². The highest BCUT2D eigenvalue weighted by molar-refractivity contribution is 6.30. The van der Waals surface area contributed by atoms with Gasteiger partial charge >= 0.3 is 0 Å². The van der Waals surface area contributed by atoms with Crippen molar-refractivity contribution in [2.75, 3.05) is 26.2 Å². The zero-order valence-electron chi connectivity index (χ0n) is 14.4. The number of piperazine rings is 1. The van der Waals surface area contributed by atoms with Gasteiger partial charge in [-0.05, 0) is 36.4 Å². The van der Waals surface area contributed by atoms with E-state index in [-0.39, 0.29) is 17.7 Å². The first-order valence-electron chi connectivity index (χ1n) is 8.39. The SMILES string of the molecule is CC(C)C(=O)N1CCN(C(=O)c2ccc(-c3ccc(Cl)cc3)o2)CC1. The molecule has 0 bridgehead atoms. The number of carbonyl (C=O) groups excluding carboxylic acids is 2. The van der Waals surface area contributed by atoms with Gasteiger partial charge in [-0.3, -0.25) is 9.59 Å².